The number of rotatable bonds is 8. The maximum atomic E-state index is 13.1. The van der Waals surface area contributed by atoms with Gasteiger partial charge in [-0.1, -0.05) is 42.5 Å². The van der Waals surface area contributed by atoms with Gasteiger partial charge in [0.25, 0.3) is 0 Å². The molecular weight excluding hydrogens is 412 g/mol. The second kappa shape index (κ2) is 9.76. The van der Waals surface area contributed by atoms with Gasteiger partial charge in [0, 0.05) is 5.69 Å². The second-order valence-corrected chi connectivity index (χ2v) is 8.99. The molecule has 1 atom stereocenters. The molecule has 7 heteroatoms. The van der Waals surface area contributed by atoms with Crippen LogP contribution in [0.2, 0.25) is 0 Å². The second-order valence-electron chi connectivity index (χ2n) is 7.28. The number of methoxy groups -OCH3 is 1. The topological polar surface area (TPSA) is 84.5 Å². The number of benzene rings is 3. The summed E-state index contributed by atoms with van der Waals surface area (Å²) in [7, 11) is -2.42. The van der Waals surface area contributed by atoms with Gasteiger partial charge in [-0.3, -0.25) is 4.79 Å². The molecule has 31 heavy (non-hydrogen) atoms. The van der Waals surface area contributed by atoms with E-state index in [2.05, 4.69) is 10.0 Å². The van der Waals surface area contributed by atoms with Crippen molar-refractivity contribution in [2.45, 2.75) is 31.2 Å². The predicted octanol–water partition coefficient (Wildman–Crippen LogP) is 3.84. The number of hydrogen-bond donors (Lipinski definition) is 2. The summed E-state index contributed by atoms with van der Waals surface area (Å²) in [6, 6.07) is 20.0. The average Bonchev–Trinajstić information content (AvgIpc) is 2.77. The maximum absolute atomic E-state index is 13.1. The number of carbonyl (C=O) groups is 1. The molecule has 0 aromatic heterocycles. The Labute approximate surface area is 183 Å². The van der Waals surface area contributed by atoms with Gasteiger partial charge in [0.15, 0.2) is 0 Å². The molecule has 0 fully saturated rings. The molecule has 1 amide bonds. The van der Waals surface area contributed by atoms with E-state index in [1.165, 1.54) is 19.2 Å². The van der Waals surface area contributed by atoms with E-state index in [0.29, 0.717) is 11.4 Å². The van der Waals surface area contributed by atoms with Crippen molar-refractivity contribution in [2.75, 3.05) is 12.4 Å². The van der Waals surface area contributed by atoms with E-state index >= 15 is 0 Å². The summed E-state index contributed by atoms with van der Waals surface area (Å²) in [5.41, 5.74) is 3.48. The van der Waals surface area contributed by atoms with Gasteiger partial charge in [-0.2, -0.15) is 4.72 Å². The fourth-order valence-electron chi connectivity index (χ4n) is 3.15. The Bertz CT molecular complexity index is 1140. The molecule has 162 valence electrons. The first-order valence-corrected chi connectivity index (χ1v) is 11.4. The van der Waals surface area contributed by atoms with E-state index in [-0.39, 0.29) is 11.3 Å². The Morgan fingerprint density at radius 3 is 2.26 bits per heavy atom. The van der Waals surface area contributed by atoms with E-state index in [1.807, 2.05) is 56.3 Å². The largest absolute Gasteiger partial charge is 0.497 e. The first-order chi connectivity index (χ1) is 14.8. The zero-order valence-electron chi connectivity index (χ0n) is 17.8. The van der Waals surface area contributed by atoms with Crippen LogP contribution >= 0.6 is 0 Å². The fraction of sp³-hybridized carbons (Fsp3) is 0.208. The smallest absolute Gasteiger partial charge is 0.242 e. The molecular formula is C24H26N2O4S. The number of carbonyl (C=O) groups excluding carboxylic acids is 1. The van der Waals surface area contributed by atoms with Crippen LogP contribution in [-0.4, -0.2) is 27.5 Å². The van der Waals surface area contributed by atoms with Crippen molar-refractivity contribution < 1.29 is 17.9 Å². The molecule has 0 aliphatic heterocycles. The minimum atomic E-state index is -3.93. The summed E-state index contributed by atoms with van der Waals surface area (Å²) in [6.45, 7) is 3.87. The van der Waals surface area contributed by atoms with Gasteiger partial charge in [-0.05, 0) is 67.3 Å². The van der Waals surface area contributed by atoms with Gasteiger partial charge in [0.2, 0.25) is 15.9 Å². The molecule has 0 saturated carbocycles. The predicted molar refractivity (Wildman–Crippen MR) is 122 cm³/mol. The zero-order valence-corrected chi connectivity index (χ0v) is 18.6. The van der Waals surface area contributed by atoms with Gasteiger partial charge >= 0.3 is 0 Å². The molecule has 0 saturated heterocycles. The standard InChI is InChI=1S/C24H26N2O4S/c1-17-8-7-11-22(18(17)2)25-24(27)23(16-19-9-5-4-6-10-19)26-31(28,29)21-14-12-20(30-3)13-15-21/h4-15,23,26H,16H2,1-3H3,(H,25,27). The first-order valence-electron chi connectivity index (χ1n) is 9.87. The average molecular weight is 439 g/mol. The molecule has 0 aliphatic carbocycles. The van der Waals surface area contributed by atoms with Gasteiger partial charge in [-0.25, -0.2) is 8.42 Å². The molecule has 1 unspecified atom stereocenters. The molecule has 0 aliphatic rings. The van der Waals surface area contributed by atoms with Crippen LogP contribution in [0.4, 0.5) is 5.69 Å². The van der Waals surface area contributed by atoms with Gasteiger partial charge in [-0.15, -0.1) is 0 Å². The zero-order chi connectivity index (χ0) is 22.4. The third kappa shape index (κ3) is 5.71. The molecule has 0 bridgehead atoms. The number of sulfonamides is 1. The monoisotopic (exact) mass is 438 g/mol. The molecule has 3 aromatic carbocycles. The van der Waals surface area contributed by atoms with Crippen LogP contribution < -0.4 is 14.8 Å². The minimum Gasteiger partial charge on any atom is -0.497 e. The quantitative estimate of drug-likeness (QED) is 0.560. The van der Waals surface area contributed by atoms with Crippen LogP contribution in [0.5, 0.6) is 5.75 Å². The van der Waals surface area contributed by atoms with Crippen molar-refractivity contribution >= 4 is 21.6 Å². The number of aryl methyl sites for hydroxylation is 1. The SMILES string of the molecule is COc1ccc(S(=O)(=O)NC(Cc2ccccc2)C(=O)Nc2cccc(C)c2C)cc1. The summed E-state index contributed by atoms with van der Waals surface area (Å²) in [5, 5.41) is 2.88. The molecule has 3 aromatic rings. The fourth-order valence-corrected chi connectivity index (χ4v) is 4.35. The van der Waals surface area contributed by atoms with Crippen molar-refractivity contribution in [1.82, 2.24) is 4.72 Å². The lowest BCUT2D eigenvalue weighted by Crippen LogP contribution is -2.45. The van der Waals surface area contributed by atoms with Crippen molar-refractivity contribution in [2.24, 2.45) is 0 Å². The summed E-state index contributed by atoms with van der Waals surface area (Å²) in [6.07, 6.45) is 0.215. The van der Waals surface area contributed by atoms with Crippen LogP contribution in [0.1, 0.15) is 16.7 Å². The highest BCUT2D eigenvalue weighted by molar-refractivity contribution is 7.89. The Morgan fingerprint density at radius 1 is 0.935 bits per heavy atom. The summed E-state index contributed by atoms with van der Waals surface area (Å²) in [4.78, 5) is 13.2. The summed E-state index contributed by atoms with van der Waals surface area (Å²) in [5.74, 6) is 0.127. The molecule has 0 spiro atoms. The van der Waals surface area contributed by atoms with Crippen molar-refractivity contribution in [1.29, 1.82) is 0 Å². The molecule has 0 heterocycles. The summed E-state index contributed by atoms with van der Waals surface area (Å²) < 4.78 is 33.6. The number of ether oxygens (including phenoxy) is 1. The lowest BCUT2D eigenvalue weighted by molar-refractivity contribution is -0.117. The van der Waals surface area contributed by atoms with Gasteiger partial charge < -0.3 is 10.1 Å². The van der Waals surface area contributed by atoms with E-state index in [0.717, 1.165) is 16.7 Å². The Hall–Kier alpha value is -3.16. The van der Waals surface area contributed by atoms with Crippen molar-refractivity contribution in [3.8, 4) is 5.75 Å². The normalized spacial score (nSPS) is 12.2. The lowest BCUT2D eigenvalue weighted by Gasteiger charge is -2.20. The number of anilines is 1. The highest BCUT2D eigenvalue weighted by atomic mass is 32.2. The highest BCUT2D eigenvalue weighted by Crippen LogP contribution is 2.20. The third-order valence-electron chi connectivity index (χ3n) is 5.13. The Balaban J connectivity index is 1.88. The van der Waals surface area contributed by atoms with Crippen molar-refractivity contribution in [3.05, 3.63) is 89.5 Å². The van der Waals surface area contributed by atoms with E-state index < -0.39 is 22.0 Å². The number of nitrogens with one attached hydrogen (secondary N) is 2. The molecule has 6 nitrogen and oxygen atoms in total. The Kier molecular flexibility index (Phi) is 7.09. The molecule has 2 N–H and O–H groups in total. The van der Waals surface area contributed by atoms with Gasteiger partial charge in [0.1, 0.15) is 11.8 Å². The lowest BCUT2D eigenvalue weighted by atomic mass is 10.0. The Morgan fingerprint density at radius 2 is 1.61 bits per heavy atom. The van der Waals surface area contributed by atoms with Crippen LogP contribution in [0, 0.1) is 13.8 Å². The van der Waals surface area contributed by atoms with Crippen molar-refractivity contribution in [3.63, 3.8) is 0 Å². The van der Waals surface area contributed by atoms with Crippen LogP contribution in [-0.2, 0) is 21.2 Å². The van der Waals surface area contributed by atoms with Gasteiger partial charge in [0.05, 0.1) is 12.0 Å². The van der Waals surface area contributed by atoms with Crippen LogP contribution in [0.3, 0.4) is 0 Å². The maximum Gasteiger partial charge on any atom is 0.242 e. The molecule has 3 rings (SSSR count). The number of hydrogen-bond acceptors (Lipinski definition) is 4. The minimum absolute atomic E-state index is 0.0610. The van der Waals surface area contributed by atoms with Crippen LogP contribution in [0.25, 0.3) is 0 Å². The van der Waals surface area contributed by atoms with E-state index in [1.54, 1.807) is 18.2 Å². The first kappa shape index (κ1) is 22.5. The summed E-state index contributed by atoms with van der Waals surface area (Å²) >= 11 is 0. The highest BCUT2D eigenvalue weighted by Gasteiger charge is 2.26. The van der Waals surface area contributed by atoms with Crippen LogP contribution in [0.15, 0.2) is 77.7 Å². The number of amides is 1. The van der Waals surface area contributed by atoms with E-state index in [4.69, 9.17) is 4.74 Å². The molecule has 0 radical (unpaired) electrons. The third-order valence-corrected chi connectivity index (χ3v) is 6.62. The van der Waals surface area contributed by atoms with E-state index in [9.17, 15) is 13.2 Å².